The van der Waals surface area contributed by atoms with Gasteiger partial charge in [-0.2, -0.15) is 0 Å². The topological polar surface area (TPSA) is 47.0 Å². The standard InChI is InChI=1S/C12H12ClN3O/c1-17-11-7-9(4-6-14-11)8-16-12-10(13)3-2-5-15-12/h2-7H,8H2,1H3,(H,15,16). The summed E-state index contributed by atoms with van der Waals surface area (Å²) in [6.45, 7) is 0.621. The highest BCUT2D eigenvalue weighted by Gasteiger charge is 2.01. The minimum atomic E-state index is 0.594. The average molecular weight is 250 g/mol. The van der Waals surface area contributed by atoms with Gasteiger partial charge in [-0.05, 0) is 23.8 Å². The van der Waals surface area contributed by atoms with Crippen molar-refractivity contribution in [2.45, 2.75) is 6.54 Å². The number of nitrogens with zero attached hydrogens (tertiary/aromatic N) is 2. The van der Waals surface area contributed by atoms with Crippen molar-refractivity contribution >= 4 is 17.4 Å². The zero-order valence-corrected chi connectivity index (χ0v) is 10.1. The first-order chi connectivity index (χ1) is 8.29. The molecule has 0 amide bonds. The Morgan fingerprint density at radius 2 is 2.18 bits per heavy atom. The van der Waals surface area contributed by atoms with Crippen LogP contribution in [-0.2, 0) is 6.54 Å². The quantitative estimate of drug-likeness (QED) is 0.905. The molecule has 17 heavy (non-hydrogen) atoms. The zero-order valence-electron chi connectivity index (χ0n) is 9.35. The van der Waals surface area contributed by atoms with Crippen molar-refractivity contribution in [2.24, 2.45) is 0 Å². The maximum absolute atomic E-state index is 5.99. The van der Waals surface area contributed by atoms with Crippen molar-refractivity contribution in [3.8, 4) is 5.88 Å². The maximum atomic E-state index is 5.99. The van der Waals surface area contributed by atoms with Gasteiger partial charge >= 0.3 is 0 Å². The molecular formula is C12H12ClN3O. The molecule has 0 fully saturated rings. The van der Waals surface area contributed by atoms with Crippen LogP contribution >= 0.6 is 11.6 Å². The summed E-state index contributed by atoms with van der Waals surface area (Å²) in [7, 11) is 1.59. The smallest absolute Gasteiger partial charge is 0.213 e. The normalized spacial score (nSPS) is 10.0. The Hall–Kier alpha value is -1.81. The van der Waals surface area contributed by atoms with Gasteiger partial charge in [0, 0.05) is 25.0 Å². The maximum Gasteiger partial charge on any atom is 0.213 e. The van der Waals surface area contributed by atoms with Crippen molar-refractivity contribution in [3.63, 3.8) is 0 Å². The summed E-state index contributed by atoms with van der Waals surface area (Å²) in [5.74, 6) is 1.27. The number of aromatic nitrogens is 2. The Morgan fingerprint density at radius 1 is 1.29 bits per heavy atom. The van der Waals surface area contributed by atoms with E-state index in [4.69, 9.17) is 16.3 Å². The molecule has 2 aromatic heterocycles. The Balaban J connectivity index is 2.05. The minimum Gasteiger partial charge on any atom is -0.481 e. The van der Waals surface area contributed by atoms with E-state index in [1.54, 1.807) is 31.6 Å². The monoisotopic (exact) mass is 249 g/mol. The van der Waals surface area contributed by atoms with Crippen LogP contribution in [0.1, 0.15) is 5.56 Å². The Labute approximate surface area is 105 Å². The number of halogens is 1. The van der Waals surface area contributed by atoms with E-state index >= 15 is 0 Å². The first-order valence-corrected chi connectivity index (χ1v) is 5.50. The molecule has 0 saturated heterocycles. The molecule has 88 valence electrons. The molecule has 0 aliphatic heterocycles. The van der Waals surface area contributed by atoms with E-state index in [1.807, 2.05) is 12.1 Å². The summed E-state index contributed by atoms with van der Waals surface area (Å²) < 4.78 is 5.05. The fraction of sp³-hybridized carbons (Fsp3) is 0.167. The van der Waals surface area contributed by atoms with Crippen LogP contribution in [0.15, 0.2) is 36.7 Å². The van der Waals surface area contributed by atoms with Gasteiger partial charge in [-0.3, -0.25) is 0 Å². The van der Waals surface area contributed by atoms with Crippen LogP contribution in [0.25, 0.3) is 0 Å². The molecule has 0 unspecified atom stereocenters. The molecule has 0 spiro atoms. The highest BCUT2D eigenvalue weighted by Crippen LogP contribution is 2.18. The molecule has 5 heteroatoms. The van der Waals surface area contributed by atoms with Gasteiger partial charge in [-0.15, -0.1) is 0 Å². The van der Waals surface area contributed by atoms with Crippen LogP contribution < -0.4 is 10.1 Å². The van der Waals surface area contributed by atoms with Crippen LogP contribution in [0.3, 0.4) is 0 Å². The number of ether oxygens (including phenoxy) is 1. The molecule has 0 aliphatic carbocycles. The van der Waals surface area contributed by atoms with Crippen molar-refractivity contribution in [1.82, 2.24) is 9.97 Å². The third kappa shape index (κ3) is 3.07. The lowest BCUT2D eigenvalue weighted by atomic mass is 10.2. The fourth-order valence-corrected chi connectivity index (χ4v) is 1.56. The van der Waals surface area contributed by atoms with E-state index in [0.717, 1.165) is 5.56 Å². The van der Waals surface area contributed by atoms with Crippen molar-refractivity contribution in [3.05, 3.63) is 47.2 Å². The Kier molecular flexibility index (Phi) is 3.77. The second-order valence-electron chi connectivity index (χ2n) is 3.39. The first-order valence-electron chi connectivity index (χ1n) is 5.13. The SMILES string of the molecule is COc1cc(CNc2ncccc2Cl)ccn1. The Bertz CT molecular complexity index is 505. The number of methoxy groups -OCH3 is 1. The highest BCUT2D eigenvalue weighted by molar-refractivity contribution is 6.32. The molecule has 2 rings (SSSR count). The largest absolute Gasteiger partial charge is 0.481 e. The number of nitrogens with one attached hydrogen (secondary N) is 1. The lowest BCUT2D eigenvalue weighted by Crippen LogP contribution is -2.02. The number of pyridine rings is 2. The Morgan fingerprint density at radius 3 is 2.94 bits per heavy atom. The van der Waals surface area contributed by atoms with E-state index in [9.17, 15) is 0 Å². The lowest BCUT2D eigenvalue weighted by molar-refractivity contribution is 0.397. The number of hydrogen-bond donors (Lipinski definition) is 1. The molecular weight excluding hydrogens is 238 g/mol. The van der Waals surface area contributed by atoms with Crippen molar-refractivity contribution in [2.75, 3.05) is 12.4 Å². The van der Waals surface area contributed by atoms with E-state index in [-0.39, 0.29) is 0 Å². The highest BCUT2D eigenvalue weighted by atomic mass is 35.5. The number of hydrogen-bond acceptors (Lipinski definition) is 4. The van der Waals surface area contributed by atoms with Crippen LogP contribution in [-0.4, -0.2) is 17.1 Å². The van der Waals surface area contributed by atoms with Crippen molar-refractivity contribution in [1.29, 1.82) is 0 Å². The lowest BCUT2D eigenvalue weighted by Gasteiger charge is -2.07. The molecule has 0 bridgehead atoms. The molecule has 0 radical (unpaired) electrons. The van der Waals surface area contributed by atoms with Gasteiger partial charge in [0.25, 0.3) is 0 Å². The van der Waals surface area contributed by atoms with Gasteiger partial charge in [0.1, 0.15) is 5.82 Å². The first kappa shape index (κ1) is 11.7. The molecule has 4 nitrogen and oxygen atoms in total. The summed E-state index contributed by atoms with van der Waals surface area (Å²) in [6, 6.07) is 7.36. The van der Waals surface area contributed by atoms with Crippen molar-refractivity contribution < 1.29 is 4.74 Å². The molecule has 2 heterocycles. The summed E-state index contributed by atoms with van der Waals surface area (Å²) in [6.07, 6.45) is 3.40. The molecule has 0 saturated carbocycles. The summed E-state index contributed by atoms with van der Waals surface area (Å²) in [4.78, 5) is 8.18. The van der Waals surface area contributed by atoms with Gasteiger partial charge in [0.2, 0.25) is 5.88 Å². The predicted molar refractivity (Wildman–Crippen MR) is 67.4 cm³/mol. The third-order valence-electron chi connectivity index (χ3n) is 2.23. The summed E-state index contributed by atoms with van der Waals surface area (Å²) in [5, 5.41) is 3.76. The number of anilines is 1. The fourth-order valence-electron chi connectivity index (χ4n) is 1.37. The van der Waals surface area contributed by atoms with Gasteiger partial charge in [0.15, 0.2) is 0 Å². The zero-order chi connectivity index (χ0) is 12.1. The van der Waals surface area contributed by atoms with E-state index in [2.05, 4.69) is 15.3 Å². The van der Waals surface area contributed by atoms with Crippen LogP contribution in [0, 0.1) is 0 Å². The molecule has 0 aromatic carbocycles. The number of rotatable bonds is 4. The van der Waals surface area contributed by atoms with E-state index in [0.29, 0.717) is 23.3 Å². The van der Waals surface area contributed by atoms with Crippen LogP contribution in [0.2, 0.25) is 5.02 Å². The summed E-state index contributed by atoms with van der Waals surface area (Å²) in [5.41, 5.74) is 1.05. The van der Waals surface area contributed by atoms with E-state index in [1.165, 1.54) is 0 Å². The molecule has 0 atom stereocenters. The van der Waals surface area contributed by atoms with Gasteiger partial charge in [0.05, 0.1) is 12.1 Å². The molecule has 1 N–H and O–H groups in total. The van der Waals surface area contributed by atoms with Gasteiger partial charge in [-0.25, -0.2) is 9.97 Å². The third-order valence-corrected chi connectivity index (χ3v) is 2.53. The second-order valence-corrected chi connectivity index (χ2v) is 3.80. The summed E-state index contributed by atoms with van der Waals surface area (Å²) >= 11 is 5.99. The van der Waals surface area contributed by atoms with Gasteiger partial charge in [-0.1, -0.05) is 11.6 Å². The minimum absolute atomic E-state index is 0.594. The average Bonchev–Trinajstić information content (AvgIpc) is 2.38. The second kappa shape index (κ2) is 5.50. The van der Waals surface area contributed by atoms with Gasteiger partial charge < -0.3 is 10.1 Å². The van der Waals surface area contributed by atoms with Crippen LogP contribution in [0.5, 0.6) is 5.88 Å². The molecule has 0 aliphatic rings. The van der Waals surface area contributed by atoms with E-state index < -0.39 is 0 Å². The van der Waals surface area contributed by atoms with Crippen LogP contribution in [0.4, 0.5) is 5.82 Å². The predicted octanol–water partition coefficient (Wildman–Crippen LogP) is 2.75. The molecule has 2 aromatic rings.